The highest BCUT2D eigenvalue weighted by molar-refractivity contribution is 7.80. The lowest BCUT2D eigenvalue weighted by Crippen LogP contribution is -2.02. The number of nitrogen functional groups attached to an aromatic ring is 1. The van der Waals surface area contributed by atoms with E-state index < -0.39 is 0 Å². The van der Waals surface area contributed by atoms with Gasteiger partial charge in [-0.25, -0.2) is 0 Å². The monoisotopic (exact) mass is 181 g/mol. The third-order valence-corrected chi connectivity index (χ3v) is 1.78. The topological polar surface area (TPSA) is 35.2 Å². The summed E-state index contributed by atoms with van der Waals surface area (Å²) >= 11 is 5.00. The van der Waals surface area contributed by atoms with Crippen molar-refractivity contribution in [2.45, 2.75) is 6.92 Å². The molecular formula is C9H11NOS. The van der Waals surface area contributed by atoms with E-state index in [0.717, 1.165) is 11.3 Å². The maximum Gasteiger partial charge on any atom is 0.191 e. The average molecular weight is 181 g/mol. The molecule has 0 bridgehead atoms. The van der Waals surface area contributed by atoms with Crippen molar-refractivity contribution in [2.75, 3.05) is 12.3 Å². The van der Waals surface area contributed by atoms with Gasteiger partial charge in [0.25, 0.3) is 0 Å². The van der Waals surface area contributed by atoms with Crippen LogP contribution in [-0.4, -0.2) is 11.7 Å². The van der Waals surface area contributed by atoms with E-state index in [1.54, 1.807) is 12.1 Å². The zero-order valence-electron chi connectivity index (χ0n) is 6.91. The van der Waals surface area contributed by atoms with Crippen molar-refractivity contribution in [3.8, 4) is 0 Å². The number of ether oxygens (including phenoxy) is 1. The van der Waals surface area contributed by atoms with E-state index in [0.29, 0.717) is 11.7 Å². The highest BCUT2D eigenvalue weighted by atomic mass is 32.1. The highest BCUT2D eigenvalue weighted by Crippen LogP contribution is 2.07. The van der Waals surface area contributed by atoms with Gasteiger partial charge >= 0.3 is 0 Å². The summed E-state index contributed by atoms with van der Waals surface area (Å²) < 4.78 is 5.16. The van der Waals surface area contributed by atoms with Crippen molar-refractivity contribution in [2.24, 2.45) is 0 Å². The summed E-state index contributed by atoms with van der Waals surface area (Å²) in [6.45, 7) is 2.51. The molecule has 0 amide bonds. The van der Waals surface area contributed by atoms with Gasteiger partial charge in [-0.15, -0.1) is 0 Å². The van der Waals surface area contributed by atoms with Crippen molar-refractivity contribution in [1.29, 1.82) is 0 Å². The molecule has 1 aromatic rings. The SMILES string of the molecule is CCOC(=S)c1ccc(N)cc1. The standard InChI is InChI=1S/C9H11NOS/c1-2-11-9(12)7-3-5-8(10)6-4-7/h3-6H,2,10H2,1H3. The minimum Gasteiger partial charge on any atom is -0.483 e. The largest absolute Gasteiger partial charge is 0.483 e. The van der Waals surface area contributed by atoms with Gasteiger partial charge in [0.05, 0.1) is 6.61 Å². The van der Waals surface area contributed by atoms with E-state index in [1.165, 1.54) is 0 Å². The molecule has 0 heterocycles. The van der Waals surface area contributed by atoms with Crippen LogP contribution in [-0.2, 0) is 4.74 Å². The Morgan fingerprint density at radius 1 is 1.42 bits per heavy atom. The van der Waals surface area contributed by atoms with Crippen LogP contribution in [0.25, 0.3) is 0 Å². The first-order chi connectivity index (χ1) is 5.74. The molecule has 0 saturated carbocycles. The predicted octanol–water partition coefficient (Wildman–Crippen LogP) is 1.98. The van der Waals surface area contributed by atoms with Crippen LogP contribution in [0.4, 0.5) is 5.69 Å². The lowest BCUT2D eigenvalue weighted by atomic mass is 10.2. The Morgan fingerprint density at radius 2 is 2.00 bits per heavy atom. The molecule has 0 atom stereocenters. The number of anilines is 1. The van der Waals surface area contributed by atoms with E-state index in [9.17, 15) is 0 Å². The molecule has 3 heteroatoms. The van der Waals surface area contributed by atoms with Crippen molar-refractivity contribution < 1.29 is 4.74 Å². The van der Waals surface area contributed by atoms with Crippen LogP contribution in [0.2, 0.25) is 0 Å². The number of hydrogen-bond donors (Lipinski definition) is 1. The number of nitrogens with two attached hydrogens (primary N) is 1. The Hall–Kier alpha value is -1.09. The van der Waals surface area contributed by atoms with Crippen molar-refractivity contribution in [3.63, 3.8) is 0 Å². The molecule has 0 unspecified atom stereocenters. The second-order valence-electron chi connectivity index (χ2n) is 2.34. The number of benzene rings is 1. The molecule has 0 saturated heterocycles. The smallest absolute Gasteiger partial charge is 0.191 e. The van der Waals surface area contributed by atoms with E-state index in [1.807, 2.05) is 19.1 Å². The number of thiocarbonyl (C=S) groups is 1. The fourth-order valence-corrected chi connectivity index (χ4v) is 1.09. The van der Waals surface area contributed by atoms with E-state index in [-0.39, 0.29) is 0 Å². The minimum absolute atomic E-state index is 0.525. The maximum atomic E-state index is 5.52. The average Bonchev–Trinajstić information content (AvgIpc) is 2.06. The Morgan fingerprint density at radius 3 is 2.50 bits per heavy atom. The van der Waals surface area contributed by atoms with Gasteiger partial charge < -0.3 is 10.5 Å². The van der Waals surface area contributed by atoms with Crippen LogP contribution < -0.4 is 5.73 Å². The summed E-state index contributed by atoms with van der Waals surface area (Å²) in [5.41, 5.74) is 7.15. The lowest BCUT2D eigenvalue weighted by molar-refractivity contribution is 0.337. The van der Waals surface area contributed by atoms with Crippen LogP contribution in [0, 0.1) is 0 Å². The zero-order valence-corrected chi connectivity index (χ0v) is 7.73. The summed E-state index contributed by atoms with van der Waals surface area (Å²) in [5, 5.41) is 0.525. The van der Waals surface area contributed by atoms with E-state index >= 15 is 0 Å². The van der Waals surface area contributed by atoms with Gasteiger partial charge in [0.15, 0.2) is 5.05 Å². The lowest BCUT2D eigenvalue weighted by Gasteiger charge is -2.04. The van der Waals surface area contributed by atoms with E-state index in [2.05, 4.69) is 0 Å². The summed E-state index contributed by atoms with van der Waals surface area (Å²) in [6, 6.07) is 7.32. The molecule has 0 radical (unpaired) electrons. The number of hydrogen-bond acceptors (Lipinski definition) is 3. The van der Waals surface area contributed by atoms with Crippen LogP contribution in [0.3, 0.4) is 0 Å². The molecule has 1 rings (SSSR count). The second-order valence-corrected chi connectivity index (χ2v) is 2.71. The molecule has 0 aliphatic carbocycles. The maximum absolute atomic E-state index is 5.52. The molecule has 0 aliphatic heterocycles. The molecule has 64 valence electrons. The third-order valence-electron chi connectivity index (χ3n) is 1.42. The summed E-state index contributed by atoms with van der Waals surface area (Å²) in [6.07, 6.45) is 0. The van der Waals surface area contributed by atoms with Gasteiger partial charge in [0.2, 0.25) is 0 Å². The van der Waals surface area contributed by atoms with Gasteiger partial charge in [-0.2, -0.15) is 0 Å². The Labute approximate surface area is 77.3 Å². The predicted molar refractivity (Wildman–Crippen MR) is 54.2 cm³/mol. The molecule has 0 fully saturated rings. The normalized spacial score (nSPS) is 9.42. The Kier molecular flexibility index (Phi) is 3.05. The molecule has 2 N–H and O–H groups in total. The summed E-state index contributed by atoms with van der Waals surface area (Å²) in [5.74, 6) is 0. The van der Waals surface area contributed by atoms with Crippen molar-refractivity contribution >= 4 is 23.0 Å². The van der Waals surface area contributed by atoms with E-state index in [4.69, 9.17) is 22.7 Å². The minimum atomic E-state index is 0.525. The van der Waals surface area contributed by atoms with Gasteiger partial charge in [0.1, 0.15) is 0 Å². The first kappa shape index (κ1) is 9.00. The fourth-order valence-electron chi connectivity index (χ4n) is 0.834. The van der Waals surface area contributed by atoms with Crippen LogP contribution in [0.1, 0.15) is 12.5 Å². The fraction of sp³-hybridized carbons (Fsp3) is 0.222. The molecule has 0 spiro atoms. The highest BCUT2D eigenvalue weighted by Gasteiger charge is 1.99. The quantitative estimate of drug-likeness (QED) is 0.559. The van der Waals surface area contributed by atoms with Crippen molar-refractivity contribution in [3.05, 3.63) is 29.8 Å². The third kappa shape index (κ3) is 2.20. The number of rotatable bonds is 2. The van der Waals surface area contributed by atoms with Crippen LogP contribution in [0.15, 0.2) is 24.3 Å². The summed E-state index contributed by atoms with van der Waals surface area (Å²) in [4.78, 5) is 0. The van der Waals surface area contributed by atoms with Crippen molar-refractivity contribution in [1.82, 2.24) is 0 Å². The van der Waals surface area contributed by atoms with Gasteiger partial charge in [-0.3, -0.25) is 0 Å². The molecular weight excluding hydrogens is 170 g/mol. The first-order valence-corrected chi connectivity index (χ1v) is 4.17. The zero-order chi connectivity index (χ0) is 8.97. The molecule has 1 aromatic carbocycles. The summed E-state index contributed by atoms with van der Waals surface area (Å²) in [7, 11) is 0. The van der Waals surface area contributed by atoms with Gasteiger partial charge in [-0.05, 0) is 43.4 Å². The van der Waals surface area contributed by atoms with Crippen LogP contribution >= 0.6 is 12.2 Å². The molecule has 0 aliphatic rings. The molecule has 2 nitrogen and oxygen atoms in total. The Balaban J connectivity index is 2.75. The Bertz CT molecular complexity index is 268. The molecule has 12 heavy (non-hydrogen) atoms. The first-order valence-electron chi connectivity index (χ1n) is 3.76. The van der Waals surface area contributed by atoms with Crippen LogP contribution in [0.5, 0.6) is 0 Å². The van der Waals surface area contributed by atoms with Gasteiger partial charge in [-0.1, -0.05) is 0 Å². The molecule has 0 aromatic heterocycles. The van der Waals surface area contributed by atoms with Gasteiger partial charge in [0, 0.05) is 11.3 Å². The second kappa shape index (κ2) is 4.07.